The van der Waals surface area contributed by atoms with E-state index in [-0.39, 0.29) is 37.0 Å². The van der Waals surface area contributed by atoms with Crippen LogP contribution in [0.3, 0.4) is 0 Å². The Morgan fingerprint density at radius 3 is 2.44 bits per heavy atom. The molecule has 1 saturated heterocycles. The van der Waals surface area contributed by atoms with Gasteiger partial charge in [0.25, 0.3) is 5.91 Å². The van der Waals surface area contributed by atoms with Crippen LogP contribution in [0.2, 0.25) is 0 Å². The molecule has 1 heterocycles. The maximum atomic E-state index is 14.2. The second-order valence-corrected chi connectivity index (χ2v) is 16.4. The lowest BCUT2D eigenvalue weighted by atomic mass is 9.45. The van der Waals surface area contributed by atoms with Gasteiger partial charge in [-0.1, -0.05) is 65.0 Å². The standard InChI is InChI=1S/C40H60N4O6/c1-23(2)16-30(21-43(7)8)41-38(47)27-13-10-12-26(17-27)31-15-11-14-28(37(31)49-9)20-44-36(35(25(4)46)34(22-45)50-44)39(48)42-33-19-29-18-32(24(33)3)40(29,5)6/h10-15,17,23-25,29-30,32-36,45-46H,16,18-22H2,1-9H3,(H,41,47)(H,42,48)/t24-,25+,29?,30+,32?,33+,34+,35-,36+/m1/s1. The van der Waals surface area contributed by atoms with Crippen molar-refractivity contribution in [1.82, 2.24) is 20.6 Å². The predicted molar refractivity (Wildman–Crippen MR) is 195 cm³/mol. The van der Waals surface area contributed by atoms with Crippen LogP contribution in [-0.2, 0) is 16.2 Å². The number of carbonyl (C=O) groups excluding carboxylic acids is 2. The number of nitrogens with zero attached hydrogens (tertiary/aromatic N) is 2. The van der Waals surface area contributed by atoms with Gasteiger partial charge in [-0.2, -0.15) is 5.06 Å². The van der Waals surface area contributed by atoms with Crippen LogP contribution in [0, 0.1) is 35.0 Å². The minimum Gasteiger partial charge on any atom is -0.496 e. The van der Waals surface area contributed by atoms with Crippen molar-refractivity contribution in [3.63, 3.8) is 0 Å². The van der Waals surface area contributed by atoms with Gasteiger partial charge in [-0.05, 0) is 87.1 Å². The highest BCUT2D eigenvalue weighted by molar-refractivity contribution is 5.96. The summed E-state index contributed by atoms with van der Waals surface area (Å²) in [5, 5.41) is 29.3. The van der Waals surface area contributed by atoms with Gasteiger partial charge in [0, 0.05) is 41.2 Å². The molecule has 6 rings (SSSR count). The number of benzene rings is 2. The first-order chi connectivity index (χ1) is 23.7. The Morgan fingerprint density at radius 2 is 1.84 bits per heavy atom. The molecule has 0 aromatic heterocycles. The van der Waals surface area contributed by atoms with Crippen molar-refractivity contribution in [3.8, 4) is 16.9 Å². The second-order valence-electron chi connectivity index (χ2n) is 16.4. The van der Waals surface area contributed by atoms with E-state index in [1.807, 2.05) is 56.6 Å². The number of rotatable bonds is 14. The zero-order chi connectivity index (χ0) is 36.5. The van der Waals surface area contributed by atoms with Gasteiger partial charge in [-0.3, -0.25) is 14.4 Å². The number of nitrogens with one attached hydrogen (secondary N) is 2. The lowest BCUT2D eigenvalue weighted by Gasteiger charge is -2.62. The number of para-hydroxylation sites is 1. The molecule has 10 heteroatoms. The van der Waals surface area contributed by atoms with Crippen LogP contribution in [0.1, 0.15) is 76.7 Å². The van der Waals surface area contributed by atoms with Gasteiger partial charge in [-0.15, -0.1) is 0 Å². The van der Waals surface area contributed by atoms with Gasteiger partial charge in [0.1, 0.15) is 17.9 Å². The Balaban J connectivity index is 1.39. The third-order valence-corrected chi connectivity index (χ3v) is 11.8. The predicted octanol–water partition coefficient (Wildman–Crippen LogP) is 4.73. The smallest absolute Gasteiger partial charge is 0.251 e. The van der Waals surface area contributed by atoms with Crippen LogP contribution in [0.5, 0.6) is 5.75 Å². The average Bonchev–Trinajstić information content (AvgIpc) is 3.43. The van der Waals surface area contributed by atoms with Gasteiger partial charge in [0.15, 0.2) is 0 Å². The van der Waals surface area contributed by atoms with Crippen LogP contribution in [0.4, 0.5) is 0 Å². The van der Waals surface area contributed by atoms with Gasteiger partial charge < -0.3 is 30.5 Å². The van der Waals surface area contributed by atoms with E-state index in [9.17, 15) is 19.8 Å². The second kappa shape index (κ2) is 15.7. The van der Waals surface area contributed by atoms with Crippen molar-refractivity contribution in [1.29, 1.82) is 0 Å². The Bertz CT molecular complexity index is 1480. The number of hydroxylamine groups is 2. The molecule has 3 saturated carbocycles. The highest BCUT2D eigenvalue weighted by atomic mass is 16.7. The van der Waals surface area contributed by atoms with E-state index >= 15 is 0 Å². The molecule has 3 aliphatic carbocycles. The molecule has 9 atom stereocenters. The summed E-state index contributed by atoms with van der Waals surface area (Å²) in [7, 11) is 5.63. The van der Waals surface area contributed by atoms with E-state index < -0.39 is 24.2 Å². The van der Waals surface area contributed by atoms with E-state index in [0.717, 1.165) is 36.1 Å². The van der Waals surface area contributed by atoms with E-state index in [0.29, 0.717) is 40.4 Å². The summed E-state index contributed by atoms with van der Waals surface area (Å²) in [5.74, 6) is 1.60. The van der Waals surface area contributed by atoms with Crippen LogP contribution in [0.25, 0.3) is 11.1 Å². The van der Waals surface area contributed by atoms with Gasteiger partial charge in [0.2, 0.25) is 5.91 Å². The first-order valence-electron chi connectivity index (χ1n) is 18.4. The van der Waals surface area contributed by atoms with Crippen molar-refractivity contribution < 1.29 is 29.4 Å². The molecule has 0 radical (unpaired) electrons. The first-order valence-corrected chi connectivity index (χ1v) is 18.4. The molecule has 4 aliphatic rings. The highest BCUT2D eigenvalue weighted by Crippen LogP contribution is 2.61. The zero-order valence-electron chi connectivity index (χ0n) is 31.5. The molecule has 50 heavy (non-hydrogen) atoms. The fraction of sp³-hybridized carbons (Fsp3) is 0.650. The van der Waals surface area contributed by atoms with E-state index in [1.54, 1.807) is 19.1 Å². The maximum Gasteiger partial charge on any atom is 0.251 e. The molecule has 2 aromatic carbocycles. The van der Waals surface area contributed by atoms with Crippen molar-refractivity contribution >= 4 is 11.8 Å². The lowest BCUT2D eigenvalue weighted by Crippen LogP contribution is -2.62. The number of amides is 2. The summed E-state index contributed by atoms with van der Waals surface area (Å²) in [6.07, 6.45) is 1.40. The van der Waals surface area contributed by atoms with Gasteiger partial charge in [-0.25, -0.2) is 0 Å². The van der Waals surface area contributed by atoms with Crippen molar-refractivity contribution in [3.05, 3.63) is 53.6 Å². The number of aliphatic hydroxyl groups is 2. The average molecular weight is 693 g/mol. The van der Waals surface area contributed by atoms with Gasteiger partial charge in [0.05, 0.1) is 26.4 Å². The van der Waals surface area contributed by atoms with Crippen LogP contribution in [-0.4, -0.2) is 96.7 Å². The highest BCUT2D eigenvalue weighted by Gasteiger charge is 2.57. The number of methoxy groups -OCH3 is 1. The number of likely N-dealkylation sites (N-methyl/N-ethyl adjacent to an activating group) is 1. The molecule has 2 unspecified atom stereocenters. The van der Waals surface area contributed by atoms with Crippen LogP contribution in [0.15, 0.2) is 42.5 Å². The molecule has 10 nitrogen and oxygen atoms in total. The molecule has 4 fully saturated rings. The normalized spacial score (nSPS) is 28.6. The van der Waals surface area contributed by atoms with Crippen LogP contribution >= 0.6 is 0 Å². The number of fused-ring (bicyclic) bond motifs is 2. The van der Waals surface area contributed by atoms with Crippen molar-refractivity contribution in [2.45, 2.75) is 97.7 Å². The SMILES string of the molecule is COc1c(CN2O[C@@H](CO)[C@@H]([C@H](C)O)[C@H]2C(=O)N[C@H]2CC3CC([C@H]2C)C3(C)C)cccc1-c1cccc(C(=O)N[C@@H](CC(C)C)CN(C)C)c1. The molecular weight excluding hydrogens is 632 g/mol. The fourth-order valence-electron chi connectivity index (χ4n) is 9.12. The summed E-state index contributed by atoms with van der Waals surface area (Å²) in [5.41, 5.74) is 3.25. The molecule has 2 amide bonds. The largest absolute Gasteiger partial charge is 0.496 e. The van der Waals surface area contributed by atoms with Crippen LogP contribution < -0.4 is 15.4 Å². The third kappa shape index (κ3) is 7.89. The van der Waals surface area contributed by atoms with Gasteiger partial charge >= 0.3 is 0 Å². The first kappa shape index (κ1) is 38.2. The lowest BCUT2D eigenvalue weighted by molar-refractivity contribution is -0.183. The van der Waals surface area contributed by atoms with Crippen molar-refractivity contribution in [2.75, 3.05) is 34.4 Å². The molecule has 0 spiro atoms. The fourth-order valence-corrected chi connectivity index (χ4v) is 9.12. The number of hydrogen-bond acceptors (Lipinski definition) is 8. The number of hydrogen-bond donors (Lipinski definition) is 4. The molecule has 2 bridgehead atoms. The topological polar surface area (TPSA) is 124 Å². The molecule has 4 N–H and O–H groups in total. The number of ether oxygens (including phenoxy) is 1. The molecule has 276 valence electrons. The summed E-state index contributed by atoms with van der Waals surface area (Å²) < 4.78 is 6.00. The van der Waals surface area contributed by atoms with Crippen molar-refractivity contribution in [2.24, 2.45) is 35.0 Å². The monoisotopic (exact) mass is 692 g/mol. The summed E-state index contributed by atoms with van der Waals surface area (Å²) in [6.45, 7) is 13.5. The number of carbonyl (C=O) groups is 2. The number of aliphatic hydroxyl groups excluding tert-OH is 2. The van der Waals surface area contributed by atoms with E-state index in [4.69, 9.17) is 9.57 Å². The Kier molecular flexibility index (Phi) is 12.0. The van der Waals surface area contributed by atoms with E-state index in [2.05, 4.69) is 50.2 Å². The minimum absolute atomic E-state index is 0.0247. The summed E-state index contributed by atoms with van der Waals surface area (Å²) >= 11 is 0. The quantitative estimate of drug-likeness (QED) is 0.224. The third-order valence-electron chi connectivity index (χ3n) is 11.8. The Hall–Kier alpha value is -3.02. The Morgan fingerprint density at radius 1 is 1.12 bits per heavy atom. The molecule has 2 aromatic rings. The Labute approximate surface area is 298 Å². The summed E-state index contributed by atoms with van der Waals surface area (Å²) in [4.78, 5) is 35.9. The molecular formula is C40H60N4O6. The van der Waals surface area contributed by atoms with E-state index in [1.165, 1.54) is 6.42 Å². The maximum absolute atomic E-state index is 14.2. The molecule has 1 aliphatic heterocycles. The zero-order valence-corrected chi connectivity index (χ0v) is 31.5. The minimum atomic E-state index is -0.885. The summed E-state index contributed by atoms with van der Waals surface area (Å²) in [6, 6.07) is 12.6.